The molecule has 1 unspecified atom stereocenters. The summed E-state index contributed by atoms with van der Waals surface area (Å²) in [7, 11) is 0. The number of carbonyl (C=O) groups excluding carboxylic acids is 1. The van der Waals surface area contributed by atoms with Crippen LogP contribution in [-0.2, 0) is 6.54 Å². The molecule has 1 aliphatic carbocycles. The topological polar surface area (TPSA) is 32.3 Å². The first kappa shape index (κ1) is 11.5. The Bertz CT molecular complexity index is 515. The van der Waals surface area contributed by atoms with Crippen molar-refractivity contribution in [1.82, 2.24) is 10.2 Å². The van der Waals surface area contributed by atoms with Crippen LogP contribution in [0, 0.1) is 0 Å². The largest absolute Gasteiger partial charge is 0.331 e. The second kappa shape index (κ2) is 4.34. The maximum Gasteiger partial charge on any atom is 0.254 e. The van der Waals surface area contributed by atoms with Crippen molar-refractivity contribution in [2.24, 2.45) is 0 Å². The van der Waals surface area contributed by atoms with Gasteiger partial charge in [0.2, 0.25) is 0 Å². The van der Waals surface area contributed by atoms with E-state index < -0.39 is 0 Å². The van der Waals surface area contributed by atoms with E-state index in [-0.39, 0.29) is 5.91 Å². The Labute approximate surface area is 114 Å². The zero-order valence-electron chi connectivity index (χ0n) is 11.2. The lowest BCUT2D eigenvalue weighted by atomic mass is 9.90. The predicted octanol–water partition coefficient (Wildman–Crippen LogP) is 2.27. The van der Waals surface area contributed by atoms with Crippen LogP contribution in [0.3, 0.4) is 0 Å². The molecule has 0 radical (unpaired) electrons. The van der Waals surface area contributed by atoms with Crippen LogP contribution in [0.25, 0.3) is 0 Å². The van der Waals surface area contributed by atoms with Crippen molar-refractivity contribution in [3.05, 3.63) is 34.9 Å². The van der Waals surface area contributed by atoms with Crippen LogP contribution < -0.4 is 5.32 Å². The molecule has 1 atom stereocenters. The van der Waals surface area contributed by atoms with Gasteiger partial charge in [0.05, 0.1) is 0 Å². The summed E-state index contributed by atoms with van der Waals surface area (Å²) in [5.74, 6) is 0.852. The van der Waals surface area contributed by atoms with E-state index in [1.165, 1.54) is 36.8 Å². The maximum absolute atomic E-state index is 12.4. The smallest absolute Gasteiger partial charge is 0.254 e. The minimum Gasteiger partial charge on any atom is -0.331 e. The summed E-state index contributed by atoms with van der Waals surface area (Å²) >= 11 is 0. The first-order chi connectivity index (χ1) is 9.33. The lowest BCUT2D eigenvalue weighted by Gasteiger charge is -2.23. The van der Waals surface area contributed by atoms with Gasteiger partial charge in [-0.05, 0) is 55.3 Å². The lowest BCUT2D eigenvalue weighted by Crippen LogP contribution is -2.28. The van der Waals surface area contributed by atoms with E-state index in [2.05, 4.69) is 28.4 Å². The zero-order chi connectivity index (χ0) is 12.8. The van der Waals surface area contributed by atoms with E-state index in [4.69, 9.17) is 0 Å². The van der Waals surface area contributed by atoms with E-state index >= 15 is 0 Å². The fourth-order valence-electron chi connectivity index (χ4n) is 3.41. The number of amides is 1. The molecule has 1 amide bonds. The summed E-state index contributed by atoms with van der Waals surface area (Å²) in [4.78, 5) is 14.5. The Morgan fingerprint density at radius 1 is 1.21 bits per heavy atom. The predicted molar refractivity (Wildman–Crippen MR) is 74.2 cm³/mol. The van der Waals surface area contributed by atoms with Gasteiger partial charge >= 0.3 is 0 Å². The van der Waals surface area contributed by atoms with Crippen LogP contribution >= 0.6 is 0 Å². The minimum absolute atomic E-state index is 0.267. The number of nitrogens with zero attached hydrogens (tertiary/aromatic N) is 1. The van der Waals surface area contributed by atoms with Crippen LogP contribution in [0.1, 0.15) is 53.1 Å². The molecule has 1 saturated heterocycles. The first-order valence-corrected chi connectivity index (χ1v) is 7.47. The summed E-state index contributed by atoms with van der Waals surface area (Å²) < 4.78 is 0. The Morgan fingerprint density at radius 3 is 2.84 bits per heavy atom. The third kappa shape index (κ3) is 1.96. The first-order valence-electron chi connectivity index (χ1n) is 7.47. The zero-order valence-corrected chi connectivity index (χ0v) is 11.2. The minimum atomic E-state index is 0.267. The van der Waals surface area contributed by atoms with Crippen molar-refractivity contribution in [2.75, 3.05) is 13.1 Å². The number of rotatable bonds is 2. The average Bonchev–Trinajstić information content (AvgIpc) is 3.25. The number of carbonyl (C=O) groups is 1. The van der Waals surface area contributed by atoms with Gasteiger partial charge < -0.3 is 10.2 Å². The third-order valence-corrected chi connectivity index (χ3v) is 4.72. The van der Waals surface area contributed by atoms with Gasteiger partial charge in [-0.1, -0.05) is 12.1 Å². The fraction of sp³-hybridized carbons (Fsp3) is 0.562. The molecule has 100 valence electrons. The van der Waals surface area contributed by atoms with Crippen molar-refractivity contribution < 1.29 is 4.79 Å². The molecule has 1 N–H and O–H groups in total. The third-order valence-electron chi connectivity index (χ3n) is 4.72. The van der Waals surface area contributed by atoms with Crippen LogP contribution in [-0.4, -0.2) is 29.9 Å². The summed E-state index contributed by atoms with van der Waals surface area (Å²) in [5, 5.41) is 3.45. The number of hydrogen-bond donors (Lipinski definition) is 1. The molecule has 19 heavy (non-hydrogen) atoms. The number of piperidine rings is 1. The molecule has 0 aromatic heterocycles. The Morgan fingerprint density at radius 2 is 2.11 bits per heavy atom. The summed E-state index contributed by atoms with van der Waals surface area (Å²) in [6.45, 7) is 3.02. The summed E-state index contributed by atoms with van der Waals surface area (Å²) in [5.41, 5.74) is 3.54. The number of fused-ring (bicyclic) bond motifs is 1. The van der Waals surface area contributed by atoms with Crippen molar-refractivity contribution in [1.29, 1.82) is 0 Å². The van der Waals surface area contributed by atoms with Gasteiger partial charge in [-0.25, -0.2) is 0 Å². The number of hydrogen-bond acceptors (Lipinski definition) is 2. The maximum atomic E-state index is 12.4. The van der Waals surface area contributed by atoms with Gasteiger partial charge in [0.1, 0.15) is 0 Å². The van der Waals surface area contributed by atoms with Crippen LogP contribution in [0.15, 0.2) is 18.2 Å². The Kier molecular flexibility index (Phi) is 2.62. The van der Waals surface area contributed by atoms with Crippen molar-refractivity contribution >= 4 is 5.91 Å². The van der Waals surface area contributed by atoms with E-state index in [0.29, 0.717) is 12.0 Å². The van der Waals surface area contributed by atoms with Crippen molar-refractivity contribution in [2.45, 2.75) is 44.2 Å². The van der Waals surface area contributed by atoms with Crippen LogP contribution in [0.4, 0.5) is 0 Å². The highest BCUT2D eigenvalue weighted by molar-refractivity contribution is 5.99. The van der Waals surface area contributed by atoms with Gasteiger partial charge in [-0.15, -0.1) is 0 Å². The van der Waals surface area contributed by atoms with E-state index in [1.807, 2.05) is 0 Å². The Hall–Kier alpha value is -1.35. The quantitative estimate of drug-likeness (QED) is 0.880. The molecular weight excluding hydrogens is 236 g/mol. The summed E-state index contributed by atoms with van der Waals surface area (Å²) in [6, 6.07) is 7.11. The molecule has 3 nitrogen and oxygen atoms in total. The van der Waals surface area contributed by atoms with Crippen LogP contribution in [0.5, 0.6) is 0 Å². The highest BCUT2D eigenvalue weighted by Crippen LogP contribution is 2.36. The van der Waals surface area contributed by atoms with E-state index in [1.54, 1.807) is 0 Å². The molecule has 0 bridgehead atoms. The Balaban J connectivity index is 1.62. The SMILES string of the molecule is O=C1c2cc(C3CCCNC3)ccc2CN1C1CC1. The highest BCUT2D eigenvalue weighted by Gasteiger charge is 2.38. The molecule has 4 rings (SSSR count). The number of nitrogens with one attached hydrogen (secondary N) is 1. The molecule has 3 heteroatoms. The molecule has 1 saturated carbocycles. The van der Waals surface area contributed by atoms with E-state index in [9.17, 15) is 4.79 Å². The average molecular weight is 256 g/mol. The molecule has 1 aromatic carbocycles. The second-order valence-corrected chi connectivity index (χ2v) is 6.12. The fourth-order valence-corrected chi connectivity index (χ4v) is 3.41. The van der Waals surface area contributed by atoms with Gasteiger partial charge in [-0.2, -0.15) is 0 Å². The molecule has 2 heterocycles. The van der Waals surface area contributed by atoms with Gasteiger partial charge in [-0.3, -0.25) is 4.79 Å². The van der Waals surface area contributed by atoms with Crippen molar-refractivity contribution in [3.8, 4) is 0 Å². The van der Waals surface area contributed by atoms with Crippen LogP contribution in [0.2, 0.25) is 0 Å². The normalized spacial score (nSPS) is 26.6. The molecule has 3 aliphatic rings. The van der Waals surface area contributed by atoms with Gasteiger partial charge in [0, 0.05) is 24.7 Å². The van der Waals surface area contributed by atoms with Gasteiger partial charge in [0.25, 0.3) is 5.91 Å². The molecular formula is C16H20N2O. The summed E-state index contributed by atoms with van der Waals surface area (Å²) in [6.07, 6.45) is 4.87. The highest BCUT2D eigenvalue weighted by atomic mass is 16.2. The monoisotopic (exact) mass is 256 g/mol. The standard InChI is InChI=1S/C16H20N2O/c19-16-15-8-11(12-2-1-7-17-9-12)3-4-13(15)10-18(16)14-5-6-14/h3-4,8,12,14,17H,1-2,5-7,9-10H2. The van der Waals surface area contributed by atoms with Crippen molar-refractivity contribution in [3.63, 3.8) is 0 Å². The lowest BCUT2D eigenvalue weighted by molar-refractivity contribution is 0.0766. The molecule has 2 aliphatic heterocycles. The molecule has 1 aromatic rings. The molecule has 0 spiro atoms. The molecule has 2 fully saturated rings. The second-order valence-electron chi connectivity index (χ2n) is 6.12. The van der Waals surface area contributed by atoms with Gasteiger partial charge in [0.15, 0.2) is 0 Å². The van der Waals surface area contributed by atoms with E-state index in [0.717, 1.165) is 25.2 Å². The number of benzene rings is 1.